The third-order valence-electron chi connectivity index (χ3n) is 1.27. The zero-order valence-electron chi connectivity index (χ0n) is 6.96. The zero-order valence-corrected chi connectivity index (χ0v) is 8.54. The number of unbranched alkanes of at least 4 members (excludes halogenated alkanes) is 1. The smallest absolute Gasteiger partial charge is 0.347 e. The van der Waals surface area contributed by atoms with E-state index in [0.29, 0.717) is 6.42 Å². The molecule has 0 aromatic rings. The number of halogens is 4. The Kier molecular flexibility index (Phi) is 6.11. The average Bonchev–Trinajstić information content (AvgIpc) is 2.00. The fraction of sp³-hybridized carbons (Fsp3) is 0.857. The van der Waals surface area contributed by atoms with Crippen LogP contribution in [0.4, 0.5) is 13.2 Å². The Morgan fingerprint density at radius 1 is 1.31 bits per heavy atom. The molecule has 0 aromatic heterocycles. The predicted molar refractivity (Wildman–Crippen MR) is 46.7 cm³/mol. The van der Waals surface area contributed by atoms with Crippen molar-refractivity contribution in [1.29, 1.82) is 0 Å². The second kappa shape index (κ2) is 6.23. The Bertz CT molecular complexity index is 160. The van der Waals surface area contributed by atoms with E-state index in [9.17, 15) is 18.0 Å². The fourth-order valence-corrected chi connectivity index (χ4v) is 1.06. The van der Waals surface area contributed by atoms with E-state index in [4.69, 9.17) is 0 Å². The second-order valence-electron chi connectivity index (χ2n) is 2.54. The third-order valence-corrected chi connectivity index (χ3v) is 1.83. The highest BCUT2D eigenvalue weighted by Crippen LogP contribution is 2.12. The van der Waals surface area contributed by atoms with Crippen molar-refractivity contribution in [3.05, 3.63) is 0 Å². The Hall–Kier alpha value is -0.260. The second-order valence-corrected chi connectivity index (χ2v) is 3.33. The largest absolute Gasteiger partial charge is 0.405 e. The van der Waals surface area contributed by atoms with Gasteiger partial charge in [0.1, 0.15) is 6.54 Å². The molecule has 0 bridgehead atoms. The molecule has 0 fully saturated rings. The summed E-state index contributed by atoms with van der Waals surface area (Å²) in [4.78, 5) is 10.7. The number of hydrogen-bond donors (Lipinski definition) is 1. The molecule has 0 saturated carbocycles. The molecule has 0 aliphatic carbocycles. The van der Waals surface area contributed by atoms with Crippen LogP contribution in [0, 0.1) is 0 Å². The van der Waals surface area contributed by atoms with Crippen LogP contribution in [0.25, 0.3) is 0 Å². The van der Waals surface area contributed by atoms with Gasteiger partial charge in [-0.15, -0.1) is 0 Å². The van der Waals surface area contributed by atoms with E-state index in [2.05, 4.69) is 15.9 Å². The molecule has 0 rings (SSSR count). The van der Waals surface area contributed by atoms with Gasteiger partial charge in [0.05, 0.1) is 0 Å². The molecule has 1 amide bonds. The molecule has 1 N–H and O–H groups in total. The van der Waals surface area contributed by atoms with Gasteiger partial charge in [0.15, 0.2) is 0 Å². The highest BCUT2D eigenvalue weighted by atomic mass is 79.9. The van der Waals surface area contributed by atoms with E-state index in [1.807, 2.05) is 0 Å². The highest BCUT2D eigenvalue weighted by molar-refractivity contribution is 9.09. The van der Waals surface area contributed by atoms with Crippen molar-refractivity contribution in [2.45, 2.75) is 25.4 Å². The minimum Gasteiger partial charge on any atom is -0.347 e. The van der Waals surface area contributed by atoms with Crippen LogP contribution in [0.15, 0.2) is 0 Å². The number of hydrogen-bond acceptors (Lipinski definition) is 1. The van der Waals surface area contributed by atoms with Crippen molar-refractivity contribution in [3.63, 3.8) is 0 Å². The van der Waals surface area contributed by atoms with Crippen LogP contribution in [0.2, 0.25) is 0 Å². The standard InChI is InChI=1S/C7H11BrF3NO/c8-4-2-1-3-6(13)12-5-7(9,10)11/h1-5H2,(H,12,13). The summed E-state index contributed by atoms with van der Waals surface area (Å²) < 4.78 is 34.7. The van der Waals surface area contributed by atoms with Crippen molar-refractivity contribution in [1.82, 2.24) is 5.32 Å². The molecule has 2 nitrogen and oxygen atoms in total. The first-order valence-electron chi connectivity index (χ1n) is 3.85. The number of nitrogens with one attached hydrogen (secondary N) is 1. The van der Waals surface area contributed by atoms with Gasteiger partial charge in [0.2, 0.25) is 5.91 Å². The van der Waals surface area contributed by atoms with E-state index < -0.39 is 18.6 Å². The lowest BCUT2D eigenvalue weighted by Gasteiger charge is -2.07. The lowest BCUT2D eigenvalue weighted by Crippen LogP contribution is -2.33. The molecule has 0 spiro atoms. The predicted octanol–water partition coefficient (Wildman–Crippen LogP) is 2.23. The summed E-state index contributed by atoms with van der Waals surface area (Å²) >= 11 is 3.16. The number of amides is 1. The van der Waals surface area contributed by atoms with Crippen molar-refractivity contribution >= 4 is 21.8 Å². The van der Waals surface area contributed by atoms with Gasteiger partial charge in [-0.2, -0.15) is 13.2 Å². The molecule has 0 saturated heterocycles. The van der Waals surface area contributed by atoms with Crippen LogP contribution in [0.1, 0.15) is 19.3 Å². The van der Waals surface area contributed by atoms with Crippen LogP contribution in [-0.2, 0) is 4.79 Å². The lowest BCUT2D eigenvalue weighted by atomic mass is 10.2. The Morgan fingerprint density at radius 2 is 1.92 bits per heavy atom. The Balaban J connectivity index is 3.41. The number of carbonyl (C=O) groups is 1. The maximum absolute atomic E-state index is 11.6. The van der Waals surface area contributed by atoms with Gasteiger partial charge in [-0.05, 0) is 12.8 Å². The van der Waals surface area contributed by atoms with Gasteiger partial charge in [-0.25, -0.2) is 0 Å². The molecule has 0 heterocycles. The fourth-order valence-electron chi connectivity index (χ4n) is 0.667. The molecule has 13 heavy (non-hydrogen) atoms. The van der Waals surface area contributed by atoms with Crippen LogP contribution >= 0.6 is 15.9 Å². The molecule has 6 heteroatoms. The summed E-state index contributed by atoms with van der Waals surface area (Å²) in [6, 6.07) is 0. The van der Waals surface area contributed by atoms with Gasteiger partial charge < -0.3 is 5.32 Å². The normalized spacial score (nSPS) is 11.4. The van der Waals surface area contributed by atoms with E-state index >= 15 is 0 Å². The monoisotopic (exact) mass is 261 g/mol. The van der Waals surface area contributed by atoms with Crippen LogP contribution in [-0.4, -0.2) is 24.0 Å². The first kappa shape index (κ1) is 12.7. The quantitative estimate of drug-likeness (QED) is 0.597. The molecule has 78 valence electrons. The lowest BCUT2D eigenvalue weighted by molar-refractivity contribution is -0.138. The van der Waals surface area contributed by atoms with Gasteiger partial charge in [-0.3, -0.25) is 4.79 Å². The van der Waals surface area contributed by atoms with E-state index in [1.54, 1.807) is 5.32 Å². The first-order chi connectivity index (χ1) is 5.95. The summed E-state index contributed by atoms with van der Waals surface area (Å²) in [7, 11) is 0. The van der Waals surface area contributed by atoms with Crippen molar-refractivity contribution < 1.29 is 18.0 Å². The molecule has 0 aliphatic rings. The topological polar surface area (TPSA) is 29.1 Å². The van der Waals surface area contributed by atoms with E-state index in [-0.39, 0.29) is 6.42 Å². The van der Waals surface area contributed by atoms with Gasteiger partial charge in [-0.1, -0.05) is 15.9 Å². The minimum absolute atomic E-state index is 0.154. The molecular formula is C7H11BrF3NO. The number of carbonyl (C=O) groups excluding carboxylic acids is 1. The Labute approximate surface area is 83.0 Å². The molecule has 0 atom stereocenters. The molecule has 0 radical (unpaired) electrons. The summed E-state index contributed by atoms with van der Waals surface area (Å²) in [6.07, 6.45) is -2.76. The van der Waals surface area contributed by atoms with Crippen LogP contribution in [0.5, 0.6) is 0 Å². The maximum Gasteiger partial charge on any atom is 0.405 e. The van der Waals surface area contributed by atoms with E-state index in [0.717, 1.165) is 11.8 Å². The molecule has 0 aliphatic heterocycles. The average molecular weight is 262 g/mol. The molecule has 0 unspecified atom stereocenters. The molecule has 0 aromatic carbocycles. The zero-order chi connectivity index (χ0) is 10.3. The summed E-state index contributed by atoms with van der Waals surface area (Å²) in [6.45, 7) is -1.24. The van der Waals surface area contributed by atoms with Crippen LogP contribution < -0.4 is 5.32 Å². The summed E-state index contributed by atoms with van der Waals surface area (Å²) in [5.74, 6) is -0.543. The van der Waals surface area contributed by atoms with Crippen molar-refractivity contribution in [2.24, 2.45) is 0 Å². The van der Waals surface area contributed by atoms with Gasteiger partial charge in [0, 0.05) is 11.8 Å². The van der Waals surface area contributed by atoms with Crippen molar-refractivity contribution in [3.8, 4) is 0 Å². The van der Waals surface area contributed by atoms with Crippen molar-refractivity contribution in [2.75, 3.05) is 11.9 Å². The SMILES string of the molecule is O=C(CCCCBr)NCC(F)(F)F. The molecular weight excluding hydrogens is 251 g/mol. The van der Waals surface area contributed by atoms with Crippen LogP contribution in [0.3, 0.4) is 0 Å². The number of rotatable bonds is 5. The van der Waals surface area contributed by atoms with E-state index in [1.165, 1.54) is 0 Å². The van der Waals surface area contributed by atoms with Gasteiger partial charge in [0.25, 0.3) is 0 Å². The first-order valence-corrected chi connectivity index (χ1v) is 4.97. The third kappa shape index (κ3) is 9.66. The summed E-state index contributed by atoms with van der Waals surface area (Å²) in [5.41, 5.74) is 0. The minimum atomic E-state index is -4.31. The van der Waals surface area contributed by atoms with Gasteiger partial charge >= 0.3 is 6.18 Å². The number of alkyl halides is 4. The Morgan fingerprint density at radius 3 is 2.38 bits per heavy atom. The highest BCUT2D eigenvalue weighted by Gasteiger charge is 2.27. The maximum atomic E-state index is 11.6. The summed E-state index contributed by atoms with van der Waals surface area (Å²) in [5, 5.41) is 2.57.